The molecule has 29 heavy (non-hydrogen) atoms. The Morgan fingerprint density at radius 2 is 1.90 bits per heavy atom. The Bertz CT molecular complexity index is 1170. The highest BCUT2D eigenvalue weighted by atomic mass is 32.2. The molecule has 1 unspecified atom stereocenters. The van der Waals surface area contributed by atoms with Gasteiger partial charge in [0.2, 0.25) is 0 Å². The van der Waals surface area contributed by atoms with Crippen molar-refractivity contribution in [3.8, 4) is 5.69 Å². The first kappa shape index (κ1) is 19.0. The molecule has 0 fully saturated rings. The van der Waals surface area contributed by atoms with Crippen LogP contribution in [0.25, 0.3) is 5.69 Å². The SMILES string of the molecule is Cc1cccc(-n2nc3c(c2NC(=O)c2ccc([N+](=O)[O-])cc2)CS(=O)C3)c1C. The summed E-state index contributed by atoms with van der Waals surface area (Å²) >= 11 is 0. The molecule has 1 aliphatic rings. The van der Waals surface area contributed by atoms with E-state index in [-0.39, 0.29) is 11.3 Å². The first-order valence-electron chi connectivity index (χ1n) is 8.93. The highest BCUT2D eigenvalue weighted by Gasteiger charge is 2.29. The van der Waals surface area contributed by atoms with Crippen LogP contribution >= 0.6 is 0 Å². The summed E-state index contributed by atoms with van der Waals surface area (Å²) in [7, 11) is -1.04. The first-order chi connectivity index (χ1) is 13.8. The maximum Gasteiger partial charge on any atom is 0.269 e. The predicted octanol–water partition coefficient (Wildman–Crippen LogP) is 3.41. The normalized spacial score (nSPS) is 15.2. The summed E-state index contributed by atoms with van der Waals surface area (Å²) in [4.78, 5) is 23.1. The van der Waals surface area contributed by atoms with Crippen LogP contribution in [0.15, 0.2) is 42.5 Å². The third-order valence-corrected chi connectivity index (χ3v) is 6.25. The molecule has 0 aliphatic carbocycles. The molecule has 2 heterocycles. The largest absolute Gasteiger partial charge is 0.306 e. The molecule has 0 spiro atoms. The second-order valence-electron chi connectivity index (χ2n) is 6.89. The van der Waals surface area contributed by atoms with E-state index >= 15 is 0 Å². The van der Waals surface area contributed by atoms with E-state index in [1.54, 1.807) is 4.68 Å². The first-order valence-corrected chi connectivity index (χ1v) is 10.4. The number of nitro groups is 1. The van der Waals surface area contributed by atoms with E-state index in [1.807, 2.05) is 32.0 Å². The summed E-state index contributed by atoms with van der Waals surface area (Å²) in [5.74, 6) is 0.763. The molecule has 148 valence electrons. The maximum absolute atomic E-state index is 12.8. The van der Waals surface area contributed by atoms with Gasteiger partial charge in [0.05, 0.1) is 27.8 Å². The number of hydrogen-bond donors (Lipinski definition) is 1. The Kier molecular flexibility index (Phi) is 4.75. The number of nitrogens with zero attached hydrogens (tertiary/aromatic N) is 3. The fraction of sp³-hybridized carbons (Fsp3) is 0.200. The number of non-ortho nitro benzene ring substituents is 1. The molecule has 0 bridgehead atoms. The monoisotopic (exact) mass is 410 g/mol. The number of carbonyl (C=O) groups excluding carboxylic acids is 1. The molecule has 2 aromatic carbocycles. The average Bonchev–Trinajstić information content (AvgIpc) is 3.21. The van der Waals surface area contributed by atoms with Crippen LogP contribution in [0.2, 0.25) is 0 Å². The van der Waals surface area contributed by atoms with Gasteiger partial charge >= 0.3 is 0 Å². The van der Waals surface area contributed by atoms with E-state index in [0.717, 1.165) is 22.4 Å². The van der Waals surface area contributed by atoms with Crippen molar-refractivity contribution in [3.63, 3.8) is 0 Å². The quantitative estimate of drug-likeness (QED) is 0.524. The van der Waals surface area contributed by atoms with Crippen LogP contribution in [0.4, 0.5) is 11.5 Å². The van der Waals surface area contributed by atoms with Gasteiger partial charge in [0.25, 0.3) is 11.6 Å². The standard InChI is InChI=1S/C20H18N4O4S/c1-12-4-3-5-18(13(12)2)23-19(16-10-29(28)11-17(16)22-23)21-20(25)14-6-8-15(9-7-14)24(26)27/h3-9H,10-11H2,1-2H3,(H,21,25). The van der Waals surface area contributed by atoms with Crippen molar-refractivity contribution in [2.45, 2.75) is 25.4 Å². The summed E-state index contributed by atoms with van der Waals surface area (Å²) in [5, 5.41) is 18.3. The van der Waals surface area contributed by atoms with Gasteiger partial charge in [0.15, 0.2) is 0 Å². The van der Waals surface area contributed by atoms with Crippen molar-refractivity contribution in [3.05, 3.63) is 80.5 Å². The van der Waals surface area contributed by atoms with Gasteiger partial charge in [-0.2, -0.15) is 5.10 Å². The van der Waals surface area contributed by atoms with Gasteiger partial charge in [0.1, 0.15) is 5.82 Å². The zero-order chi connectivity index (χ0) is 20.7. The fourth-order valence-corrected chi connectivity index (χ4v) is 4.57. The van der Waals surface area contributed by atoms with Crippen LogP contribution < -0.4 is 5.32 Å². The Morgan fingerprint density at radius 3 is 2.59 bits per heavy atom. The number of aryl methyl sites for hydroxylation is 1. The number of fused-ring (bicyclic) bond motifs is 1. The molecular formula is C20H18N4O4S. The van der Waals surface area contributed by atoms with Crippen molar-refractivity contribution in [2.75, 3.05) is 5.32 Å². The topological polar surface area (TPSA) is 107 Å². The van der Waals surface area contributed by atoms with Gasteiger partial charge < -0.3 is 5.32 Å². The summed E-state index contributed by atoms with van der Waals surface area (Å²) in [6.45, 7) is 3.98. The van der Waals surface area contributed by atoms with Crippen LogP contribution in [0.5, 0.6) is 0 Å². The number of hydrogen-bond acceptors (Lipinski definition) is 5. The van der Waals surface area contributed by atoms with Gasteiger partial charge in [-0.1, -0.05) is 12.1 Å². The van der Waals surface area contributed by atoms with Crippen LogP contribution in [0, 0.1) is 24.0 Å². The zero-order valence-electron chi connectivity index (χ0n) is 15.8. The van der Waals surface area contributed by atoms with Crippen molar-refractivity contribution in [1.29, 1.82) is 0 Å². The minimum Gasteiger partial charge on any atom is -0.306 e. The van der Waals surface area contributed by atoms with Gasteiger partial charge in [0, 0.05) is 34.1 Å². The minimum absolute atomic E-state index is 0.0849. The van der Waals surface area contributed by atoms with Crippen molar-refractivity contribution in [2.24, 2.45) is 0 Å². The van der Waals surface area contributed by atoms with Crippen molar-refractivity contribution in [1.82, 2.24) is 9.78 Å². The molecule has 1 N–H and O–H groups in total. The van der Waals surface area contributed by atoms with E-state index in [2.05, 4.69) is 10.4 Å². The molecule has 8 nitrogen and oxygen atoms in total. The second kappa shape index (κ2) is 7.25. The molecule has 0 saturated carbocycles. The Morgan fingerprint density at radius 1 is 1.17 bits per heavy atom. The highest BCUT2D eigenvalue weighted by molar-refractivity contribution is 7.83. The second-order valence-corrected chi connectivity index (χ2v) is 8.35. The van der Waals surface area contributed by atoms with Crippen LogP contribution in [-0.4, -0.2) is 24.8 Å². The molecule has 0 radical (unpaired) electrons. The third-order valence-electron chi connectivity index (χ3n) is 5.05. The lowest BCUT2D eigenvalue weighted by atomic mass is 10.1. The summed E-state index contributed by atoms with van der Waals surface area (Å²) < 4.78 is 13.7. The number of amides is 1. The van der Waals surface area contributed by atoms with Gasteiger partial charge in [-0.25, -0.2) is 4.68 Å². The number of anilines is 1. The van der Waals surface area contributed by atoms with Gasteiger partial charge in [-0.15, -0.1) is 0 Å². The lowest BCUT2D eigenvalue weighted by molar-refractivity contribution is -0.384. The Labute approximate surface area is 169 Å². The summed E-state index contributed by atoms with van der Waals surface area (Å²) in [5.41, 5.74) is 4.64. The third kappa shape index (κ3) is 3.44. The number of benzene rings is 2. The molecule has 1 atom stereocenters. The smallest absolute Gasteiger partial charge is 0.269 e. The molecule has 0 saturated heterocycles. The molecule has 1 aliphatic heterocycles. The molecule has 1 amide bonds. The number of nitro benzene ring substituents is 1. The number of nitrogens with one attached hydrogen (secondary N) is 1. The number of rotatable bonds is 4. The summed E-state index contributed by atoms with van der Waals surface area (Å²) in [6, 6.07) is 11.2. The van der Waals surface area contributed by atoms with Crippen molar-refractivity contribution >= 4 is 28.2 Å². The van der Waals surface area contributed by atoms with Gasteiger partial charge in [-0.05, 0) is 43.2 Å². The number of carbonyl (C=O) groups is 1. The molecule has 3 aromatic rings. The van der Waals surface area contributed by atoms with Gasteiger partial charge in [-0.3, -0.25) is 19.1 Å². The van der Waals surface area contributed by atoms with Crippen LogP contribution in [0.1, 0.15) is 32.7 Å². The maximum atomic E-state index is 12.8. The predicted molar refractivity (Wildman–Crippen MR) is 110 cm³/mol. The zero-order valence-corrected chi connectivity index (χ0v) is 16.7. The summed E-state index contributed by atoms with van der Waals surface area (Å²) in [6.07, 6.45) is 0. The molecule has 1 aromatic heterocycles. The fourth-order valence-electron chi connectivity index (χ4n) is 3.31. The highest BCUT2D eigenvalue weighted by Crippen LogP contribution is 2.33. The van der Waals surface area contributed by atoms with E-state index in [0.29, 0.717) is 23.0 Å². The number of aromatic nitrogens is 2. The lowest BCUT2D eigenvalue weighted by Gasteiger charge is -2.14. The van der Waals surface area contributed by atoms with E-state index in [9.17, 15) is 19.1 Å². The van der Waals surface area contributed by atoms with E-state index in [1.165, 1.54) is 24.3 Å². The molecule has 9 heteroatoms. The van der Waals surface area contributed by atoms with Crippen LogP contribution in [-0.2, 0) is 22.3 Å². The Balaban J connectivity index is 1.74. The van der Waals surface area contributed by atoms with Crippen molar-refractivity contribution < 1.29 is 13.9 Å². The molecule has 4 rings (SSSR count). The lowest BCUT2D eigenvalue weighted by Crippen LogP contribution is -2.17. The van der Waals surface area contributed by atoms with E-state index in [4.69, 9.17) is 0 Å². The Hall–Kier alpha value is -3.33. The van der Waals surface area contributed by atoms with Crippen LogP contribution in [0.3, 0.4) is 0 Å². The minimum atomic E-state index is -1.04. The average molecular weight is 410 g/mol. The van der Waals surface area contributed by atoms with E-state index < -0.39 is 21.6 Å². The molecular weight excluding hydrogens is 392 g/mol.